The minimum atomic E-state index is -0.267. The predicted molar refractivity (Wildman–Crippen MR) is 107 cm³/mol. The van der Waals surface area contributed by atoms with E-state index < -0.39 is 0 Å². The molecule has 5 nitrogen and oxygen atoms in total. The Balaban J connectivity index is 2.11. The first kappa shape index (κ1) is 19.0. The smallest absolute Gasteiger partial charge is 0.255 e. The van der Waals surface area contributed by atoms with E-state index in [9.17, 15) is 4.79 Å². The Kier molecular flexibility index (Phi) is 5.51. The van der Waals surface area contributed by atoms with E-state index in [1.54, 1.807) is 25.3 Å². The molecule has 27 heavy (non-hydrogen) atoms. The molecule has 0 saturated carbocycles. The molecule has 1 aromatic carbocycles. The number of hydrogen-bond donors (Lipinski definition) is 0. The number of carbonyl (C=O) groups is 1. The zero-order valence-corrected chi connectivity index (χ0v) is 16.5. The summed E-state index contributed by atoms with van der Waals surface area (Å²) in [5.74, 6) is -0.0543. The second-order valence-corrected chi connectivity index (χ2v) is 6.86. The van der Waals surface area contributed by atoms with Crippen molar-refractivity contribution in [2.45, 2.75) is 26.8 Å². The summed E-state index contributed by atoms with van der Waals surface area (Å²) in [6, 6.07) is 11.5. The molecular formula is C22H25N3O2. The largest absolute Gasteiger partial charge is 0.382 e. The Morgan fingerprint density at radius 1 is 1.19 bits per heavy atom. The molecule has 0 unspecified atom stereocenters. The highest BCUT2D eigenvalue weighted by atomic mass is 16.5. The molecule has 0 aliphatic heterocycles. The van der Waals surface area contributed by atoms with Gasteiger partial charge >= 0.3 is 0 Å². The predicted octanol–water partition coefficient (Wildman–Crippen LogP) is 4.01. The van der Waals surface area contributed by atoms with Crippen molar-refractivity contribution >= 4 is 16.8 Å². The molecule has 3 rings (SSSR count). The van der Waals surface area contributed by atoms with Gasteiger partial charge in [-0.3, -0.25) is 14.8 Å². The lowest BCUT2D eigenvalue weighted by Gasteiger charge is -2.28. The number of aryl methyl sites for hydroxylation is 2. The monoisotopic (exact) mass is 363 g/mol. The molecule has 3 aromatic rings. The number of pyridine rings is 2. The van der Waals surface area contributed by atoms with Crippen LogP contribution in [0.3, 0.4) is 0 Å². The first-order chi connectivity index (χ1) is 12.9. The molecule has 2 aromatic heterocycles. The van der Waals surface area contributed by atoms with Crippen molar-refractivity contribution in [1.29, 1.82) is 0 Å². The van der Waals surface area contributed by atoms with Crippen LogP contribution in [0.15, 0.2) is 42.6 Å². The maximum absolute atomic E-state index is 13.5. The van der Waals surface area contributed by atoms with Crippen LogP contribution in [0.1, 0.15) is 38.9 Å². The molecule has 1 atom stereocenters. The van der Waals surface area contributed by atoms with Crippen LogP contribution in [0.5, 0.6) is 0 Å². The number of likely N-dealkylation sites (N-methyl/N-ethyl adjacent to an activating group) is 1. The molecule has 0 spiro atoms. The summed E-state index contributed by atoms with van der Waals surface area (Å²) in [4.78, 5) is 24.3. The average molecular weight is 363 g/mol. The van der Waals surface area contributed by atoms with Crippen LogP contribution >= 0.6 is 0 Å². The van der Waals surface area contributed by atoms with E-state index in [4.69, 9.17) is 4.74 Å². The summed E-state index contributed by atoms with van der Waals surface area (Å²) in [5.41, 5.74) is 5.20. The van der Waals surface area contributed by atoms with Crippen molar-refractivity contribution in [3.05, 3.63) is 70.7 Å². The fraction of sp³-hybridized carbons (Fsp3) is 0.318. The van der Waals surface area contributed by atoms with E-state index in [1.165, 1.54) is 0 Å². The molecule has 0 aliphatic carbocycles. The van der Waals surface area contributed by atoms with Crippen LogP contribution in [-0.2, 0) is 4.74 Å². The SMILES string of the molecule is COC[C@@H](c1ccccn1)N(C)C(=O)c1c(C)c(C)nc2ccc(C)cc12. The Bertz CT molecular complexity index is 970. The first-order valence-electron chi connectivity index (χ1n) is 8.98. The number of hydrogen-bond acceptors (Lipinski definition) is 4. The highest BCUT2D eigenvalue weighted by Crippen LogP contribution is 2.28. The fourth-order valence-electron chi connectivity index (χ4n) is 3.32. The summed E-state index contributed by atoms with van der Waals surface area (Å²) in [5, 5.41) is 0.882. The van der Waals surface area contributed by atoms with Crippen LogP contribution in [0.4, 0.5) is 0 Å². The summed E-state index contributed by atoms with van der Waals surface area (Å²) in [6.07, 6.45) is 1.73. The van der Waals surface area contributed by atoms with Crippen molar-refractivity contribution in [2.75, 3.05) is 20.8 Å². The van der Waals surface area contributed by atoms with Gasteiger partial charge in [-0.2, -0.15) is 0 Å². The van der Waals surface area contributed by atoms with Crippen LogP contribution in [0, 0.1) is 20.8 Å². The number of nitrogens with zero attached hydrogens (tertiary/aromatic N) is 3. The van der Waals surface area contributed by atoms with Gasteiger partial charge in [0.2, 0.25) is 0 Å². The number of methoxy groups -OCH3 is 1. The number of benzene rings is 1. The Labute approximate surface area is 160 Å². The molecule has 0 aliphatic rings. The fourth-order valence-corrected chi connectivity index (χ4v) is 3.32. The van der Waals surface area contributed by atoms with E-state index in [0.29, 0.717) is 12.2 Å². The van der Waals surface area contributed by atoms with Gasteiger partial charge in [-0.05, 0) is 50.6 Å². The topological polar surface area (TPSA) is 55.3 Å². The number of ether oxygens (including phenoxy) is 1. The molecule has 2 heterocycles. The van der Waals surface area contributed by atoms with E-state index in [1.807, 2.05) is 57.2 Å². The standard InChI is InChI=1S/C22H25N3O2/c1-14-9-10-18-17(12-14)21(15(2)16(3)24-18)22(26)25(4)20(13-27-5)19-8-6-7-11-23-19/h6-12,20H,13H2,1-5H3/t20-/m0/s1. The van der Waals surface area contributed by atoms with Crippen LogP contribution in [-0.4, -0.2) is 41.5 Å². The lowest BCUT2D eigenvalue weighted by atomic mass is 9.98. The van der Waals surface area contributed by atoms with Crippen molar-refractivity contribution in [2.24, 2.45) is 0 Å². The first-order valence-corrected chi connectivity index (χ1v) is 8.98. The van der Waals surface area contributed by atoms with Crippen LogP contribution in [0.25, 0.3) is 10.9 Å². The number of carbonyl (C=O) groups excluding carboxylic acids is 1. The Hall–Kier alpha value is -2.79. The van der Waals surface area contributed by atoms with Crippen molar-refractivity contribution < 1.29 is 9.53 Å². The summed E-state index contributed by atoms with van der Waals surface area (Å²) < 4.78 is 5.38. The maximum Gasteiger partial charge on any atom is 0.255 e. The Morgan fingerprint density at radius 3 is 2.63 bits per heavy atom. The zero-order chi connectivity index (χ0) is 19.6. The van der Waals surface area contributed by atoms with Crippen molar-refractivity contribution in [3.8, 4) is 0 Å². The quantitative estimate of drug-likeness (QED) is 0.687. The number of fused-ring (bicyclic) bond motifs is 1. The van der Waals surface area contributed by atoms with Gasteiger partial charge in [-0.15, -0.1) is 0 Å². The molecule has 1 amide bonds. The normalized spacial score (nSPS) is 12.2. The molecule has 0 N–H and O–H groups in total. The molecule has 5 heteroatoms. The molecular weight excluding hydrogens is 338 g/mol. The van der Waals surface area contributed by atoms with Gasteiger partial charge in [0, 0.05) is 31.4 Å². The van der Waals surface area contributed by atoms with Crippen molar-refractivity contribution in [3.63, 3.8) is 0 Å². The van der Waals surface area contributed by atoms with Gasteiger partial charge in [0.15, 0.2) is 0 Å². The third-order valence-corrected chi connectivity index (χ3v) is 4.98. The number of amides is 1. The lowest BCUT2D eigenvalue weighted by Crippen LogP contribution is -2.35. The number of aromatic nitrogens is 2. The highest BCUT2D eigenvalue weighted by Gasteiger charge is 2.27. The average Bonchev–Trinajstić information content (AvgIpc) is 2.67. The van der Waals surface area contributed by atoms with Gasteiger partial charge in [0.05, 0.1) is 29.4 Å². The summed E-state index contributed by atoms with van der Waals surface area (Å²) >= 11 is 0. The van der Waals surface area contributed by atoms with E-state index in [2.05, 4.69) is 9.97 Å². The molecule has 0 saturated heterocycles. The molecule has 140 valence electrons. The third-order valence-electron chi connectivity index (χ3n) is 4.98. The molecule has 0 radical (unpaired) electrons. The van der Waals surface area contributed by atoms with Crippen molar-refractivity contribution in [1.82, 2.24) is 14.9 Å². The third kappa shape index (κ3) is 3.69. The molecule has 0 bridgehead atoms. The van der Waals surface area contributed by atoms with Gasteiger partial charge in [0.1, 0.15) is 0 Å². The van der Waals surface area contributed by atoms with Gasteiger partial charge in [-0.1, -0.05) is 17.7 Å². The maximum atomic E-state index is 13.5. The van der Waals surface area contributed by atoms with Crippen LogP contribution < -0.4 is 0 Å². The van der Waals surface area contributed by atoms with E-state index in [-0.39, 0.29) is 11.9 Å². The summed E-state index contributed by atoms with van der Waals surface area (Å²) in [7, 11) is 3.44. The Morgan fingerprint density at radius 2 is 1.96 bits per heavy atom. The zero-order valence-electron chi connectivity index (χ0n) is 16.5. The second kappa shape index (κ2) is 7.84. The van der Waals surface area contributed by atoms with Gasteiger partial charge in [0.25, 0.3) is 5.91 Å². The molecule has 0 fully saturated rings. The highest BCUT2D eigenvalue weighted by molar-refractivity contribution is 6.07. The summed E-state index contributed by atoms with van der Waals surface area (Å²) in [6.45, 7) is 6.29. The minimum Gasteiger partial charge on any atom is -0.382 e. The second-order valence-electron chi connectivity index (χ2n) is 6.86. The van der Waals surface area contributed by atoms with Gasteiger partial charge < -0.3 is 9.64 Å². The van der Waals surface area contributed by atoms with Gasteiger partial charge in [-0.25, -0.2) is 0 Å². The number of rotatable bonds is 5. The van der Waals surface area contributed by atoms with E-state index >= 15 is 0 Å². The lowest BCUT2D eigenvalue weighted by molar-refractivity contribution is 0.0596. The van der Waals surface area contributed by atoms with E-state index in [0.717, 1.165) is 33.4 Å². The van der Waals surface area contributed by atoms with Crippen LogP contribution in [0.2, 0.25) is 0 Å². The minimum absolute atomic E-state index is 0.0543.